The third-order valence-corrected chi connectivity index (χ3v) is 2.57. The maximum Gasteiger partial charge on any atom is 0.272 e. The molecule has 0 aliphatic rings. The van der Waals surface area contributed by atoms with Crippen LogP contribution in [0.5, 0.6) is 5.75 Å². The van der Waals surface area contributed by atoms with Crippen molar-refractivity contribution in [2.75, 3.05) is 13.2 Å². The van der Waals surface area contributed by atoms with Crippen molar-refractivity contribution in [1.29, 1.82) is 0 Å². The molecule has 0 saturated heterocycles. The molecular formula is C13H18ClF2NO. The number of para-hydroxylation sites is 1. The van der Waals surface area contributed by atoms with Crippen molar-refractivity contribution in [3.63, 3.8) is 0 Å². The predicted molar refractivity (Wildman–Crippen MR) is 69.5 cm³/mol. The molecule has 5 heteroatoms. The van der Waals surface area contributed by atoms with Crippen LogP contribution in [0, 0.1) is 5.92 Å². The van der Waals surface area contributed by atoms with Crippen molar-refractivity contribution < 1.29 is 13.5 Å². The molecular weight excluding hydrogens is 260 g/mol. The average Bonchev–Trinajstić information content (AvgIpc) is 2.27. The highest BCUT2D eigenvalue weighted by atomic mass is 35.5. The maximum absolute atomic E-state index is 12.2. The quantitative estimate of drug-likeness (QED) is 0.820. The van der Waals surface area contributed by atoms with E-state index in [1.165, 1.54) is 0 Å². The highest BCUT2D eigenvalue weighted by Gasteiger charge is 2.11. The summed E-state index contributed by atoms with van der Waals surface area (Å²) in [5, 5.41) is 3.59. The molecule has 0 bridgehead atoms. The summed E-state index contributed by atoms with van der Waals surface area (Å²) in [6, 6.07) is 5.23. The second-order valence-corrected chi connectivity index (χ2v) is 4.86. The molecule has 1 aromatic rings. The first-order valence-electron chi connectivity index (χ1n) is 5.89. The van der Waals surface area contributed by atoms with E-state index < -0.39 is 13.0 Å². The molecule has 0 atom stereocenters. The minimum atomic E-state index is -2.50. The van der Waals surface area contributed by atoms with Gasteiger partial charge in [-0.05, 0) is 18.5 Å². The van der Waals surface area contributed by atoms with Crippen LogP contribution in [-0.4, -0.2) is 19.6 Å². The lowest BCUT2D eigenvalue weighted by Crippen LogP contribution is -2.20. The second-order valence-electron chi connectivity index (χ2n) is 4.45. The Kier molecular flexibility index (Phi) is 6.36. The molecule has 18 heavy (non-hydrogen) atoms. The van der Waals surface area contributed by atoms with Gasteiger partial charge in [-0.1, -0.05) is 37.6 Å². The monoisotopic (exact) mass is 277 g/mol. The zero-order valence-corrected chi connectivity index (χ0v) is 11.3. The molecule has 102 valence electrons. The molecule has 1 rings (SSSR count). The molecule has 0 aromatic heterocycles. The number of halogens is 3. The number of hydrogen-bond donors (Lipinski definition) is 1. The number of alkyl halides is 2. The van der Waals surface area contributed by atoms with Gasteiger partial charge in [0, 0.05) is 12.1 Å². The Balaban J connectivity index is 2.67. The van der Waals surface area contributed by atoms with Gasteiger partial charge in [-0.25, -0.2) is 8.78 Å². The van der Waals surface area contributed by atoms with E-state index in [0.29, 0.717) is 23.2 Å². The van der Waals surface area contributed by atoms with Gasteiger partial charge in [0.1, 0.15) is 12.4 Å². The number of benzene rings is 1. The van der Waals surface area contributed by atoms with E-state index in [2.05, 4.69) is 19.2 Å². The summed E-state index contributed by atoms with van der Waals surface area (Å²) in [7, 11) is 0. The summed E-state index contributed by atoms with van der Waals surface area (Å²) >= 11 is 5.96. The SMILES string of the molecule is CC(C)CNCc1cccc(Cl)c1OCC(F)F. The van der Waals surface area contributed by atoms with Crippen molar-refractivity contribution in [3.8, 4) is 5.75 Å². The predicted octanol–water partition coefficient (Wildman–Crippen LogP) is 3.73. The van der Waals surface area contributed by atoms with Gasteiger partial charge >= 0.3 is 0 Å². The number of nitrogens with one attached hydrogen (secondary N) is 1. The fourth-order valence-electron chi connectivity index (χ4n) is 1.50. The van der Waals surface area contributed by atoms with E-state index in [1.807, 2.05) is 6.07 Å². The summed E-state index contributed by atoms with van der Waals surface area (Å²) in [4.78, 5) is 0. The summed E-state index contributed by atoms with van der Waals surface area (Å²) in [6.45, 7) is 4.96. The van der Waals surface area contributed by atoms with Crippen molar-refractivity contribution in [1.82, 2.24) is 5.32 Å². The van der Waals surface area contributed by atoms with Crippen LogP contribution in [0.4, 0.5) is 8.78 Å². The molecule has 2 nitrogen and oxygen atoms in total. The van der Waals surface area contributed by atoms with Crippen LogP contribution < -0.4 is 10.1 Å². The minimum Gasteiger partial charge on any atom is -0.486 e. The van der Waals surface area contributed by atoms with Gasteiger partial charge in [0.05, 0.1) is 5.02 Å². The summed E-state index contributed by atoms with van der Waals surface area (Å²) in [5.41, 5.74) is 0.795. The van der Waals surface area contributed by atoms with E-state index in [4.69, 9.17) is 16.3 Å². The number of hydrogen-bond acceptors (Lipinski definition) is 2. The van der Waals surface area contributed by atoms with Crippen LogP contribution in [0.15, 0.2) is 18.2 Å². The Morgan fingerprint density at radius 3 is 2.67 bits per heavy atom. The van der Waals surface area contributed by atoms with Gasteiger partial charge < -0.3 is 10.1 Å². The molecule has 0 aliphatic carbocycles. The Hall–Kier alpha value is -0.870. The molecule has 0 unspecified atom stereocenters. The van der Waals surface area contributed by atoms with Crippen LogP contribution in [0.2, 0.25) is 5.02 Å². The normalized spacial score (nSPS) is 11.3. The lowest BCUT2D eigenvalue weighted by Gasteiger charge is -2.14. The third-order valence-electron chi connectivity index (χ3n) is 2.27. The van der Waals surface area contributed by atoms with Crippen LogP contribution in [0.1, 0.15) is 19.4 Å². The largest absolute Gasteiger partial charge is 0.486 e. The second kappa shape index (κ2) is 7.54. The molecule has 0 aliphatic heterocycles. The van der Waals surface area contributed by atoms with E-state index in [9.17, 15) is 8.78 Å². The Labute approximate surface area is 111 Å². The van der Waals surface area contributed by atoms with Gasteiger partial charge in [0.2, 0.25) is 0 Å². The van der Waals surface area contributed by atoms with Gasteiger partial charge in [-0.15, -0.1) is 0 Å². The van der Waals surface area contributed by atoms with Crippen LogP contribution in [0.3, 0.4) is 0 Å². The molecule has 0 amide bonds. The molecule has 0 fully saturated rings. The van der Waals surface area contributed by atoms with Crippen molar-refractivity contribution in [2.24, 2.45) is 5.92 Å². The highest BCUT2D eigenvalue weighted by Crippen LogP contribution is 2.29. The van der Waals surface area contributed by atoms with Gasteiger partial charge in [0.15, 0.2) is 0 Å². The molecule has 0 saturated carbocycles. The molecule has 1 N–H and O–H groups in total. The smallest absolute Gasteiger partial charge is 0.272 e. The van der Waals surface area contributed by atoms with E-state index in [1.54, 1.807) is 12.1 Å². The van der Waals surface area contributed by atoms with E-state index in [0.717, 1.165) is 12.1 Å². The highest BCUT2D eigenvalue weighted by molar-refractivity contribution is 6.32. The van der Waals surface area contributed by atoms with E-state index in [-0.39, 0.29) is 0 Å². The maximum atomic E-state index is 12.2. The zero-order valence-electron chi connectivity index (χ0n) is 10.6. The van der Waals surface area contributed by atoms with Crippen molar-refractivity contribution >= 4 is 11.6 Å². The Morgan fingerprint density at radius 2 is 2.06 bits per heavy atom. The summed E-state index contributed by atoms with van der Waals surface area (Å²) in [5.74, 6) is 0.866. The molecule has 0 spiro atoms. The molecule has 0 heterocycles. The van der Waals surface area contributed by atoms with Crippen LogP contribution in [-0.2, 0) is 6.54 Å². The lowest BCUT2D eigenvalue weighted by molar-refractivity contribution is 0.0814. The first-order valence-corrected chi connectivity index (χ1v) is 6.27. The lowest BCUT2D eigenvalue weighted by atomic mass is 10.2. The average molecular weight is 278 g/mol. The van der Waals surface area contributed by atoms with Gasteiger partial charge in [-0.2, -0.15) is 0 Å². The van der Waals surface area contributed by atoms with E-state index >= 15 is 0 Å². The number of ether oxygens (including phenoxy) is 1. The number of rotatable bonds is 7. The fourth-order valence-corrected chi connectivity index (χ4v) is 1.74. The minimum absolute atomic E-state index is 0.343. The van der Waals surface area contributed by atoms with Gasteiger partial charge in [0.25, 0.3) is 6.43 Å². The Morgan fingerprint density at radius 1 is 1.33 bits per heavy atom. The van der Waals surface area contributed by atoms with Crippen LogP contribution >= 0.6 is 11.6 Å². The zero-order chi connectivity index (χ0) is 13.5. The first kappa shape index (κ1) is 15.2. The van der Waals surface area contributed by atoms with Gasteiger partial charge in [-0.3, -0.25) is 0 Å². The third kappa shape index (κ3) is 5.19. The summed E-state index contributed by atoms with van der Waals surface area (Å²) < 4.78 is 29.4. The van der Waals surface area contributed by atoms with Crippen LogP contribution in [0.25, 0.3) is 0 Å². The first-order chi connectivity index (χ1) is 8.50. The fraction of sp³-hybridized carbons (Fsp3) is 0.538. The van der Waals surface area contributed by atoms with Crippen molar-refractivity contribution in [3.05, 3.63) is 28.8 Å². The molecule has 0 radical (unpaired) electrons. The summed E-state index contributed by atoms with van der Waals surface area (Å²) in [6.07, 6.45) is -2.50. The molecule has 1 aromatic carbocycles. The Bertz CT molecular complexity index is 372. The van der Waals surface area contributed by atoms with Crippen molar-refractivity contribution in [2.45, 2.75) is 26.8 Å². The standard InChI is InChI=1S/C13H18ClF2NO/c1-9(2)6-17-7-10-4-3-5-11(14)13(10)18-8-12(15)16/h3-5,9,12,17H,6-8H2,1-2H3. The topological polar surface area (TPSA) is 21.3 Å².